The van der Waals surface area contributed by atoms with Crippen LogP contribution in [0.3, 0.4) is 0 Å². The van der Waals surface area contributed by atoms with Crippen molar-refractivity contribution >= 4 is 62.1 Å². The molecule has 102 valence electrons. The molecule has 2 heterocycles. The van der Waals surface area contributed by atoms with Crippen LogP contribution in [0.25, 0.3) is 0 Å². The Labute approximate surface area is 132 Å². The highest BCUT2D eigenvalue weighted by Gasteiger charge is 2.21. The first-order chi connectivity index (χ1) is 9.54. The van der Waals surface area contributed by atoms with Crippen LogP contribution in [0.2, 0.25) is 5.02 Å². The lowest BCUT2D eigenvalue weighted by molar-refractivity contribution is -0.115. The Morgan fingerprint density at radius 3 is 2.95 bits per heavy atom. The quantitative estimate of drug-likeness (QED) is 0.841. The van der Waals surface area contributed by atoms with Crippen LogP contribution < -0.4 is 10.6 Å². The summed E-state index contributed by atoms with van der Waals surface area (Å²) in [5.74, 6) is -0.299. The molecule has 0 saturated heterocycles. The fraction of sp³-hybridized carbons (Fsp3) is 0.0769. The standard InChI is InChI=1S/C13H8BrClN2O2S/c14-7-1-2-20-12(7)13(19)17-10-3-6-4-11(18)16-9(6)5-8(10)15/h1-3,5H,4H2,(H,16,18)(H,17,19). The Bertz CT molecular complexity index is 729. The van der Waals surface area contributed by atoms with Crippen molar-refractivity contribution in [3.8, 4) is 0 Å². The van der Waals surface area contributed by atoms with Gasteiger partial charge < -0.3 is 10.6 Å². The van der Waals surface area contributed by atoms with Gasteiger partial charge in [0.1, 0.15) is 4.88 Å². The van der Waals surface area contributed by atoms with Crippen molar-refractivity contribution in [2.45, 2.75) is 6.42 Å². The normalized spacial score (nSPS) is 13.0. The molecule has 0 fully saturated rings. The molecule has 0 bridgehead atoms. The van der Waals surface area contributed by atoms with Gasteiger partial charge in [-0.1, -0.05) is 11.6 Å². The summed E-state index contributed by atoms with van der Waals surface area (Å²) in [5, 5.41) is 7.70. The summed E-state index contributed by atoms with van der Waals surface area (Å²) in [7, 11) is 0. The van der Waals surface area contributed by atoms with Gasteiger partial charge in [-0.3, -0.25) is 9.59 Å². The number of fused-ring (bicyclic) bond motifs is 1. The van der Waals surface area contributed by atoms with E-state index in [0.717, 1.165) is 10.0 Å². The van der Waals surface area contributed by atoms with E-state index in [9.17, 15) is 9.59 Å². The third kappa shape index (κ3) is 2.46. The van der Waals surface area contributed by atoms with Crippen LogP contribution in [-0.2, 0) is 11.2 Å². The molecule has 0 atom stereocenters. The van der Waals surface area contributed by atoms with Crippen molar-refractivity contribution in [2.75, 3.05) is 10.6 Å². The number of hydrogen-bond acceptors (Lipinski definition) is 3. The third-order valence-electron chi connectivity index (χ3n) is 2.89. The molecule has 2 N–H and O–H groups in total. The van der Waals surface area contributed by atoms with E-state index >= 15 is 0 Å². The molecule has 4 nitrogen and oxygen atoms in total. The Morgan fingerprint density at radius 2 is 2.25 bits per heavy atom. The number of benzene rings is 1. The summed E-state index contributed by atoms with van der Waals surface area (Å²) in [6.07, 6.45) is 0.304. The number of thiophene rings is 1. The average molecular weight is 372 g/mol. The molecule has 0 spiro atoms. The minimum Gasteiger partial charge on any atom is -0.325 e. The van der Waals surface area contributed by atoms with Gasteiger partial charge in [-0.25, -0.2) is 0 Å². The number of halogens is 2. The molecule has 2 amide bonds. The second-order valence-corrected chi connectivity index (χ2v) is 6.44. The summed E-state index contributed by atoms with van der Waals surface area (Å²) < 4.78 is 0.745. The number of hydrogen-bond donors (Lipinski definition) is 2. The molecule has 1 aliphatic heterocycles. The van der Waals surface area contributed by atoms with E-state index < -0.39 is 0 Å². The van der Waals surface area contributed by atoms with Crippen LogP contribution in [0.1, 0.15) is 15.2 Å². The highest BCUT2D eigenvalue weighted by molar-refractivity contribution is 9.10. The van der Waals surface area contributed by atoms with Crippen LogP contribution in [0.5, 0.6) is 0 Å². The summed E-state index contributed by atoms with van der Waals surface area (Å²) >= 11 is 10.8. The zero-order valence-electron chi connectivity index (χ0n) is 10.00. The van der Waals surface area contributed by atoms with E-state index in [0.29, 0.717) is 27.7 Å². The van der Waals surface area contributed by atoms with E-state index in [1.807, 2.05) is 11.4 Å². The van der Waals surface area contributed by atoms with Crippen molar-refractivity contribution in [2.24, 2.45) is 0 Å². The summed E-state index contributed by atoms with van der Waals surface area (Å²) in [5.41, 5.74) is 2.04. The number of anilines is 2. The number of rotatable bonds is 2. The minimum atomic E-state index is -0.231. The van der Waals surface area contributed by atoms with Gasteiger partial charge in [0.05, 0.1) is 17.1 Å². The second-order valence-electron chi connectivity index (χ2n) is 4.27. The molecule has 0 radical (unpaired) electrons. The maximum absolute atomic E-state index is 12.1. The SMILES string of the molecule is O=C1Cc2cc(NC(=O)c3sccc3Br)c(Cl)cc2N1. The van der Waals surface area contributed by atoms with Gasteiger partial charge in [-0.15, -0.1) is 11.3 Å². The zero-order chi connectivity index (χ0) is 14.3. The molecule has 7 heteroatoms. The monoisotopic (exact) mass is 370 g/mol. The van der Waals surface area contributed by atoms with E-state index in [1.54, 1.807) is 12.1 Å². The molecule has 0 unspecified atom stereocenters. The molecule has 1 aromatic carbocycles. The average Bonchev–Trinajstić information content (AvgIpc) is 2.94. The van der Waals surface area contributed by atoms with Crippen molar-refractivity contribution in [1.82, 2.24) is 0 Å². The Hall–Kier alpha value is -1.37. The minimum absolute atomic E-state index is 0.0689. The predicted molar refractivity (Wildman–Crippen MR) is 83.8 cm³/mol. The lowest BCUT2D eigenvalue weighted by atomic mass is 10.1. The van der Waals surface area contributed by atoms with E-state index in [1.165, 1.54) is 11.3 Å². The van der Waals surface area contributed by atoms with E-state index in [-0.39, 0.29) is 11.8 Å². The van der Waals surface area contributed by atoms with Crippen LogP contribution in [0.15, 0.2) is 28.1 Å². The van der Waals surface area contributed by atoms with Gasteiger partial charge in [0.2, 0.25) is 5.91 Å². The maximum atomic E-state index is 12.1. The molecule has 1 aromatic heterocycles. The first kappa shape index (κ1) is 13.6. The van der Waals surface area contributed by atoms with Crippen molar-refractivity contribution in [3.63, 3.8) is 0 Å². The third-order valence-corrected chi connectivity index (χ3v) is 5.04. The fourth-order valence-corrected chi connectivity index (χ4v) is 3.64. The van der Waals surface area contributed by atoms with E-state index in [2.05, 4.69) is 26.6 Å². The summed E-state index contributed by atoms with van der Waals surface area (Å²) in [6, 6.07) is 5.20. The van der Waals surface area contributed by atoms with Gasteiger partial charge in [-0.05, 0) is 45.1 Å². The smallest absolute Gasteiger partial charge is 0.266 e. The summed E-state index contributed by atoms with van der Waals surface area (Å²) in [4.78, 5) is 24.1. The van der Waals surface area contributed by atoms with E-state index in [4.69, 9.17) is 11.6 Å². The first-order valence-electron chi connectivity index (χ1n) is 5.71. The number of nitrogens with one attached hydrogen (secondary N) is 2. The summed E-state index contributed by atoms with van der Waals surface area (Å²) in [6.45, 7) is 0. The maximum Gasteiger partial charge on any atom is 0.266 e. The molecule has 1 aliphatic rings. The van der Waals surface area contributed by atoms with Gasteiger partial charge in [0, 0.05) is 10.2 Å². The van der Waals surface area contributed by atoms with Crippen LogP contribution >= 0.6 is 38.9 Å². The molecular weight excluding hydrogens is 364 g/mol. The number of carbonyl (C=O) groups excluding carboxylic acids is 2. The van der Waals surface area contributed by atoms with Crippen molar-refractivity contribution in [1.29, 1.82) is 0 Å². The Kier molecular flexibility index (Phi) is 3.54. The zero-order valence-corrected chi connectivity index (χ0v) is 13.2. The van der Waals surface area contributed by atoms with Crippen LogP contribution in [0.4, 0.5) is 11.4 Å². The molecule has 0 saturated carbocycles. The lowest BCUT2D eigenvalue weighted by Gasteiger charge is -2.09. The van der Waals surface area contributed by atoms with Gasteiger partial charge in [0.15, 0.2) is 0 Å². The van der Waals surface area contributed by atoms with Crippen molar-refractivity contribution < 1.29 is 9.59 Å². The second kappa shape index (κ2) is 5.20. The number of carbonyl (C=O) groups is 2. The van der Waals surface area contributed by atoms with Gasteiger partial charge >= 0.3 is 0 Å². The fourth-order valence-electron chi connectivity index (χ4n) is 1.98. The number of amides is 2. The molecule has 0 aliphatic carbocycles. The van der Waals surface area contributed by atoms with Gasteiger partial charge in [-0.2, -0.15) is 0 Å². The Balaban J connectivity index is 1.89. The highest BCUT2D eigenvalue weighted by Crippen LogP contribution is 2.33. The molecule has 3 rings (SSSR count). The first-order valence-corrected chi connectivity index (χ1v) is 7.76. The van der Waals surface area contributed by atoms with Crippen LogP contribution in [0, 0.1) is 0 Å². The predicted octanol–water partition coefficient (Wildman–Crippen LogP) is 3.91. The topological polar surface area (TPSA) is 58.2 Å². The van der Waals surface area contributed by atoms with Crippen molar-refractivity contribution in [3.05, 3.63) is 43.5 Å². The molecule has 2 aromatic rings. The van der Waals surface area contributed by atoms with Crippen LogP contribution in [-0.4, -0.2) is 11.8 Å². The molecular formula is C13H8BrClN2O2S. The van der Waals surface area contributed by atoms with Gasteiger partial charge in [0.25, 0.3) is 5.91 Å². The lowest BCUT2D eigenvalue weighted by Crippen LogP contribution is -2.11. The largest absolute Gasteiger partial charge is 0.325 e. The molecule has 20 heavy (non-hydrogen) atoms. The highest BCUT2D eigenvalue weighted by atomic mass is 79.9. The Morgan fingerprint density at radius 1 is 1.45 bits per heavy atom.